The Morgan fingerprint density at radius 1 is 1.47 bits per heavy atom. The zero-order valence-electron chi connectivity index (χ0n) is 9.24. The maximum absolute atomic E-state index is 11.1. The second kappa shape index (κ2) is 4.10. The number of nitrogens with zero attached hydrogens (tertiary/aromatic N) is 1. The number of carbonyl (C=O) groups is 1. The van der Waals surface area contributed by atoms with Gasteiger partial charge in [0.1, 0.15) is 0 Å². The van der Waals surface area contributed by atoms with E-state index in [9.17, 15) is 4.79 Å². The van der Waals surface area contributed by atoms with Gasteiger partial charge in [-0.3, -0.25) is 4.79 Å². The van der Waals surface area contributed by atoms with Gasteiger partial charge in [-0.15, -0.1) is 0 Å². The molecule has 1 aliphatic carbocycles. The molecule has 2 aliphatic rings. The molecule has 1 N–H and O–H groups in total. The van der Waals surface area contributed by atoms with E-state index in [1.165, 1.54) is 0 Å². The van der Waals surface area contributed by atoms with Crippen molar-refractivity contribution in [3.8, 4) is 0 Å². The number of hydrogen-bond acceptors (Lipinski definition) is 3. The lowest BCUT2D eigenvalue weighted by Gasteiger charge is -2.32. The monoisotopic (exact) mass is 213 g/mol. The van der Waals surface area contributed by atoms with Crippen molar-refractivity contribution in [3.63, 3.8) is 0 Å². The minimum absolute atomic E-state index is 0.424. The zero-order chi connectivity index (χ0) is 10.9. The molecule has 0 aromatic heterocycles. The van der Waals surface area contributed by atoms with Crippen molar-refractivity contribution >= 4 is 5.97 Å². The third-order valence-corrected chi connectivity index (χ3v) is 3.67. The number of ether oxygens (including phenoxy) is 1. The van der Waals surface area contributed by atoms with Crippen molar-refractivity contribution in [1.82, 2.24) is 4.90 Å². The first-order chi connectivity index (χ1) is 7.14. The lowest BCUT2D eigenvalue weighted by Crippen LogP contribution is -2.41. The fraction of sp³-hybridized carbons (Fsp3) is 0.909. The van der Waals surface area contributed by atoms with Crippen LogP contribution in [-0.2, 0) is 9.53 Å². The van der Waals surface area contributed by atoms with Gasteiger partial charge in [-0.05, 0) is 32.7 Å². The fourth-order valence-electron chi connectivity index (χ4n) is 2.32. The highest BCUT2D eigenvalue weighted by Crippen LogP contribution is 2.46. The summed E-state index contributed by atoms with van der Waals surface area (Å²) in [6.45, 7) is 2.33. The highest BCUT2D eigenvalue weighted by molar-refractivity contribution is 5.78. The van der Waals surface area contributed by atoms with Crippen LogP contribution in [0.3, 0.4) is 0 Å². The van der Waals surface area contributed by atoms with E-state index in [4.69, 9.17) is 9.84 Å². The topological polar surface area (TPSA) is 49.8 Å². The Hall–Kier alpha value is -0.610. The molecule has 0 aromatic carbocycles. The van der Waals surface area contributed by atoms with E-state index in [1.807, 2.05) is 7.05 Å². The van der Waals surface area contributed by atoms with Crippen LogP contribution in [-0.4, -0.2) is 48.8 Å². The Balaban J connectivity index is 1.85. The van der Waals surface area contributed by atoms with Gasteiger partial charge < -0.3 is 14.7 Å². The Morgan fingerprint density at radius 3 is 2.53 bits per heavy atom. The third kappa shape index (κ3) is 2.32. The molecule has 2 rings (SSSR count). The Morgan fingerprint density at radius 2 is 2.07 bits per heavy atom. The minimum atomic E-state index is -0.624. The molecule has 1 aliphatic heterocycles. The summed E-state index contributed by atoms with van der Waals surface area (Å²) in [5, 5.41) is 9.10. The van der Waals surface area contributed by atoms with Gasteiger partial charge in [0.15, 0.2) is 0 Å². The summed E-state index contributed by atoms with van der Waals surface area (Å²) < 4.78 is 5.30. The summed E-state index contributed by atoms with van der Waals surface area (Å²) in [6, 6.07) is 0.510. The molecule has 0 spiro atoms. The molecule has 1 heterocycles. The van der Waals surface area contributed by atoms with Crippen LogP contribution in [0.4, 0.5) is 0 Å². The van der Waals surface area contributed by atoms with Crippen LogP contribution in [0.5, 0.6) is 0 Å². The fourth-order valence-corrected chi connectivity index (χ4v) is 2.32. The van der Waals surface area contributed by atoms with Crippen LogP contribution < -0.4 is 0 Å². The number of aliphatic carboxylic acids is 1. The molecule has 2 fully saturated rings. The molecule has 0 atom stereocenters. The molecule has 0 aromatic rings. The van der Waals surface area contributed by atoms with Crippen LogP contribution in [0.1, 0.15) is 25.7 Å². The van der Waals surface area contributed by atoms with Gasteiger partial charge in [0, 0.05) is 25.8 Å². The second-order valence-corrected chi connectivity index (χ2v) is 4.84. The van der Waals surface area contributed by atoms with E-state index < -0.39 is 11.4 Å². The molecule has 4 nitrogen and oxygen atoms in total. The maximum atomic E-state index is 11.1. The molecule has 0 bridgehead atoms. The maximum Gasteiger partial charge on any atom is 0.310 e. The Kier molecular flexibility index (Phi) is 2.98. The molecular weight excluding hydrogens is 194 g/mol. The summed E-state index contributed by atoms with van der Waals surface area (Å²) >= 11 is 0. The lowest BCUT2D eigenvalue weighted by molar-refractivity contribution is -0.144. The molecule has 86 valence electrons. The van der Waals surface area contributed by atoms with Crippen molar-refractivity contribution in [2.75, 3.05) is 26.8 Å². The zero-order valence-corrected chi connectivity index (χ0v) is 9.24. The number of rotatable bonds is 4. The van der Waals surface area contributed by atoms with Crippen molar-refractivity contribution in [2.45, 2.75) is 31.7 Å². The summed E-state index contributed by atoms with van der Waals surface area (Å²) in [5.74, 6) is -0.624. The van der Waals surface area contributed by atoms with E-state index in [0.29, 0.717) is 12.6 Å². The lowest BCUT2D eigenvalue weighted by atomic mass is 10.0. The van der Waals surface area contributed by atoms with Gasteiger partial charge >= 0.3 is 5.97 Å². The molecule has 0 amide bonds. The largest absolute Gasteiger partial charge is 0.481 e. The summed E-state index contributed by atoms with van der Waals surface area (Å²) in [6.07, 6.45) is 3.75. The van der Waals surface area contributed by atoms with Crippen LogP contribution in [0.15, 0.2) is 0 Å². The molecule has 4 heteroatoms. The SMILES string of the molecule is CN(CC1(C(=O)O)CC1)C1CCOCC1. The van der Waals surface area contributed by atoms with Gasteiger partial charge in [0.2, 0.25) is 0 Å². The van der Waals surface area contributed by atoms with Crippen LogP contribution in [0.25, 0.3) is 0 Å². The van der Waals surface area contributed by atoms with Crippen molar-refractivity contribution in [3.05, 3.63) is 0 Å². The van der Waals surface area contributed by atoms with Gasteiger partial charge in [-0.1, -0.05) is 0 Å². The first kappa shape index (κ1) is 10.9. The highest BCUT2D eigenvalue weighted by atomic mass is 16.5. The van der Waals surface area contributed by atoms with E-state index in [0.717, 1.165) is 38.9 Å². The van der Waals surface area contributed by atoms with Crippen molar-refractivity contribution in [2.24, 2.45) is 5.41 Å². The molecule has 0 unspecified atom stereocenters. The van der Waals surface area contributed by atoms with Crippen molar-refractivity contribution in [1.29, 1.82) is 0 Å². The predicted molar refractivity (Wildman–Crippen MR) is 55.8 cm³/mol. The minimum Gasteiger partial charge on any atom is -0.481 e. The molecule has 1 saturated heterocycles. The Bertz CT molecular complexity index is 244. The Labute approximate surface area is 90.2 Å². The quantitative estimate of drug-likeness (QED) is 0.755. The summed E-state index contributed by atoms with van der Waals surface area (Å²) in [5.41, 5.74) is -0.424. The summed E-state index contributed by atoms with van der Waals surface area (Å²) in [4.78, 5) is 13.3. The van der Waals surface area contributed by atoms with Crippen LogP contribution in [0.2, 0.25) is 0 Å². The van der Waals surface area contributed by atoms with Crippen LogP contribution >= 0.6 is 0 Å². The van der Waals surface area contributed by atoms with E-state index in [-0.39, 0.29) is 0 Å². The number of carboxylic acid groups (broad SMARTS) is 1. The van der Waals surface area contributed by atoms with Crippen LogP contribution in [0, 0.1) is 5.41 Å². The second-order valence-electron chi connectivity index (χ2n) is 4.84. The molecule has 15 heavy (non-hydrogen) atoms. The average molecular weight is 213 g/mol. The summed E-state index contributed by atoms with van der Waals surface area (Å²) in [7, 11) is 2.04. The van der Waals surface area contributed by atoms with Crippen molar-refractivity contribution < 1.29 is 14.6 Å². The molecular formula is C11H19NO3. The first-order valence-electron chi connectivity index (χ1n) is 5.65. The number of carboxylic acids is 1. The predicted octanol–water partition coefficient (Wildman–Crippen LogP) is 0.962. The van der Waals surface area contributed by atoms with E-state index in [1.54, 1.807) is 0 Å². The van der Waals surface area contributed by atoms with Gasteiger partial charge in [0.05, 0.1) is 5.41 Å². The number of hydrogen-bond donors (Lipinski definition) is 1. The average Bonchev–Trinajstić information content (AvgIpc) is 3.00. The molecule has 0 radical (unpaired) electrons. The van der Waals surface area contributed by atoms with Gasteiger partial charge in [0.25, 0.3) is 0 Å². The van der Waals surface area contributed by atoms with E-state index >= 15 is 0 Å². The van der Waals surface area contributed by atoms with Gasteiger partial charge in [-0.2, -0.15) is 0 Å². The third-order valence-electron chi connectivity index (χ3n) is 3.67. The van der Waals surface area contributed by atoms with E-state index in [2.05, 4.69) is 4.90 Å². The van der Waals surface area contributed by atoms with Gasteiger partial charge in [-0.25, -0.2) is 0 Å². The highest BCUT2D eigenvalue weighted by Gasteiger charge is 2.51. The molecule has 1 saturated carbocycles. The normalized spacial score (nSPS) is 25.5. The first-order valence-corrected chi connectivity index (χ1v) is 5.65. The smallest absolute Gasteiger partial charge is 0.310 e. The standard InChI is InChI=1S/C11H19NO3/c1-12(9-2-6-15-7-3-9)8-11(4-5-11)10(13)14/h9H,2-8H2,1H3,(H,13,14).